The minimum Gasteiger partial charge on any atom is -0.348 e. The molecule has 2 aliphatic rings. The molecule has 1 atom stereocenters. The lowest BCUT2D eigenvalue weighted by atomic mass is 9.84. The summed E-state index contributed by atoms with van der Waals surface area (Å²) in [7, 11) is 2.06. The second kappa shape index (κ2) is 13.1. The van der Waals surface area contributed by atoms with Gasteiger partial charge >= 0.3 is 0 Å². The lowest BCUT2D eigenvalue weighted by Crippen LogP contribution is -2.44. The number of carbonyl (C=O) groups excluding carboxylic acids is 1. The Hall–Kier alpha value is -1.32. The molecule has 1 N–H and O–H groups in total. The minimum atomic E-state index is 0.0235. The fraction of sp³-hybridized carbons (Fsp3) is 0.840. The number of hydrogen-bond donors (Lipinski definition) is 1. The molecule has 166 valence electrons. The Balaban J connectivity index is 2.12. The first-order chi connectivity index (χ1) is 14.1. The minimum absolute atomic E-state index is 0.0235. The van der Waals surface area contributed by atoms with Crippen LogP contribution in [0.2, 0.25) is 0 Å². The first-order valence-corrected chi connectivity index (χ1v) is 12.3. The van der Waals surface area contributed by atoms with Crippen molar-refractivity contribution in [1.82, 2.24) is 10.3 Å². The summed E-state index contributed by atoms with van der Waals surface area (Å²) in [5.74, 6) is 0.634. The summed E-state index contributed by atoms with van der Waals surface area (Å²) in [5.41, 5.74) is 1.76. The molecule has 0 radical (unpaired) electrons. The monoisotopic (exact) mass is 403 g/mol. The van der Waals surface area contributed by atoms with Gasteiger partial charge in [-0.05, 0) is 63.9 Å². The maximum atomic E-state index is 13.3. The van der Waals surface area contributed by atoms with E-state index >= 15 is 0 Å². The zero-order chi connectivity index (χ0) is 21.1. The zero-order valence-electron chi connectivity index (χ0n) is 19.5. The average Bonchev–Trinajstić information content (AvgIpc) is 2.76. The summed E-state index contributed by atoms with van der Waals surface area (Å²) in [6.07, 6.45) is 19.2. The highest BCUT2D eigenvalue weighted by molar-refractivity contribution is 6.45. The molecule has 2 rings (SSSR count). The van der Waals surface area contributed by atoms with E-state index in [2.05, 4.69) is 44.2 Å². The van der Waals surface area contributed by atoms with E-state index in [9.17, 15) is 4.79 Å². The molecule has 0 bridgehead atoms. The molecule has 2 aliphatic carbocycles. The van der Waals surface area contributed by atoms with Crippen molar-refractivity contribution in [2.75, 3.05) is 7.05 Å². The van der Waals surface area contributed by atoms with Crippen molar-refractivity contribution in [3.05, 3.63) is 11.6 Å². The topological polar surface area (TPSA) is 44.7 Å². The van der Waals surface area contributed by atoms with E-state index in [1.54, 1.807) is 0 Å². The molecule has 1 amide bonds. The first-order valence-electron chi connectivity index (χ1n) is 12.3. The van der Waals surface area contributed by atoms with Crippen LogP contribution in [0.15, 0.2) is 16.8 Å². The van der Waals surface area contributed by atoms with Crippen LogP contribution in [0.1, 0.15) is 111 Å². The van der Waals surface area contributed by atoms with Gasteiger partial charge in [-0.15, -0.1) is 0 Å². The lowest BCUT2D eigenvalue weighted by molar-refractivity contribution is -0.115. The average molecular weight is 404 g/mol. The SMILES string of the molecule is C/C=C(CCCCC)/C(=N\N(C)C1CCCCC1)C(=O)N[C@H](C)C1CCCCC1. The van der Waals surface area contributed by atoms with Crippen molar-refractivity contribution in [3.8, 4) is 0 Å². The number of allylic oxidation sites excluding steroid dienone is 1. The van der Waals surface area contributed by atoms with Crippen molar-refractivity contribution in [2.45, 2.75) is 123 Å². The van der Waals surface area contributed by atoms with E-state index in [4.69, 9.17) is 5.10 Å². The Kier molecular flexibility index (Phi) is 10.8. The van der Waals surface area contributed by atoms with Crippen LogP contribution in [0.5, 0.6) is 0 Å². The predicted molar refractivity (Wildman–Crippen MR) is 124 cm³/mol. The van der Waals surface area contributed by atoms with Gasteiger partial charge in [-0.3, -0.25) is 9.80 Å². The van der Waals surface area contributed by atoms with Crippen molar-refractivity contribution in [3.63, 3.8) is 0 Å². The van der Waals surface area contributed by atoms with Crippen LogP contribution in [0.4, 0.5) is 0 Å². The van der Waals surface area contributed by atoms with E-state index < -0.39 is 0 Å². The van der Waals surface area contributed by atoms with E-state index in [-0.39, 0.29) is 11.9 Å². The highest BCUT2D eigenvalue weighted by Gasteiger charge is 2.26. The fourth-order valence-electron chi connectivity index (χ4n) is 4.94. The van der Waals surface area contributed by atoms with Gasteiger partial charge in [0.15, 0.2) is 5.71 Å². The molecule has 4 nitrogen and oxygen atoms in total. The molecular formula is C25H45N3O. The first kappa shape index (κ1) is 24.0. The maximum Gasteiger partial charge on any atom is 0.272 e. The van der Waals surface area contributed by atoms with Gasteiger partial charge in [0.1, 0.15) is 0 Å². The van der Waals surface area contributed by atoms with Crippen LogP contribution in [0.3, 0.4) is 0 Å². The third-order valence-corrected chi connectivity index (χ3v) is 6.99. The van der Waals surface area contributed by atoms with Crippen LogP contribution in [0, 0.1) is 5.92 Å². The normalized spacial score (nSPS) is 21.1. The van der Waals surface area contributed by atoms with Gasteiger partial charge in [-0.2, -0.15) is 5.10 Å². The molecular weight excluding hydrogens is 358 g/mol. The van der Waals surface area contributed by atoms with Gasteiger partial charge in [0.2, 0.25) is 0 Å². The van der Waals surface area contributed by atoms with Gasteiger partial charge in [-0.25, -0.2) is 0 Å². The molecule has 29 heavy (non-hydrogen) atoms. The number of amides is 1. The van der Waals surface area contributed by atoms with E-state index in [0.29, 0.717) is 17.7 Å². The van der Waals surface area contributed by atoms with Gasteiger partial charge in [0.25, 0.3) is 5.91 Å². The Morgan fingerprint density at radius 3 is 2.28 bits per heavy atom. The summed E-state index contributed by atoms with van der Waals surface area (Å²) in [6.45, 7) is 6.46. The van der Waals surface area contributed by atoms with Crippen LogP contribution in [-0.2, 0) is 4.79 Å². The standard InChI is InChI=1S/C25H45N3O/c1-5-7-10-15-21(6-2)24(27-28(4)23-18-13-9-14-19-23)25(29)26-20(3)22-16-11-8-12-17-22/h6,20,22-23H,5,7-19H2,1-4H3,(H,26,29)/b21-6+,27-24+/t20-/m1/s1. The maximum absolute atomic E-state index is 13.3. The van der Waals surface area contributed by atoms with Crippen LogP contribution in [-0.4, -0.2) is 35.8 Å². The van der Waals surface area contributed by atoms with Crippen molar-refractivity contribution in [2.24, 2.45) is 11.0 Å². The summed E-state index contributed by atoms with van der Waals surface area (Å²) >= 11 is 0. The van der Waals surface area contributed by atoms with Crippen molar-refractivity contribution >= 4 is 11.6 Å². The van der Waals surface area contributed by atoms with Crippen LogP contribution < -0.4 is 5.32 Å². The van der Waals surface area contributed by atoms with E-state index in [1.165, 1.54) is 77.0 Å². The number of nitrogens with one attached hydrogen (secondary N) is 1. The fourth-order valence-corrected chi connectivity index (χ4v) is 4.94. The number of unbranched alkanes of at least 4 members (excludes halogenated alkanes) is 2. The summed E-state index contributed by atoms with van der Waals surface area (Å²) < 4.78 is 0. The smallest absolute Gasteiger partial charge is 0.272 e. The van der Waals surface area contributed by atoms with Gasteiger partial charge in [-0.1, -0.05) is 64.4 Å². The number of rotatable bonds is 10. The Morgan fingerprint density at radius 2 is 1.69 bits per heavy atom. The molecule has 2 fully saturated rings. The number of carbonyl (C=O) groups is 1. The highest BCUT2D eigenvalue weighted by atomic mass is 16.2. The third kappa shape index (κ3) is 7.79. The van der Waals surface area contributed by atoms with Crippen molar-refractivity contribution < 1.29 is 4.79 Å². The Bertz CT molecular complexity index is 542. The molecule has 0 aromatic rings. The molecule has 0 heterocycles. The number of nitrogens with zero attached hydrogens (tertiary/aromatic N) is 2. The number of hydrazone groups is 1. The Morgan fingerprint density at radius 1 is 1.07 bits per heavy atom. The molecule has 0 aromatic heterocycles. The molecule has 0 aliphatic heterocycles. The lowest BCUT2D eigenvalue weighted by Gasteiger charge is -2.31. The molecule has 4 heteroatoms. The predicted octanol–water partition coefficient (Wildman–Crippen LogP) is 6.22. The molecule has 0 unspecified atom stereocenters. The molecule has 0 aromatic carbocycles. The Labute approximate surface area is 179 Å². The van der Waals surface area contributed by atoms with Crippen molar-refractivity contribution in [1.29, 1.82) is 0 Å². The largest absolute Gasteiger partial charge is 0.348 e. The second-order valence-electron chi connectivity index (χ2n) is 9.25. The number of hydrogen-bond acceptors (Lipinski definition) is 3. The van der Waals surface area contributed by atoms with Crippen LogP contribution >= 0.6 is 0 Å². The summed E-state index contributed by atoms with van der Waals surface area (Å²) in [6, 6.07) is 0.692. The molecule has 0 spiro atoms. The zero-order valence-corrected chi connectivity index (χ0v) is 19.5. The van der Waals surface area contributed by atoms with Gasteiger partial charge in [0.05, 0.1) is 0 Å². The van der Waals surface area contributed by atoms with Crippen LogP contribution in [0.25, 0.3) is 0 Å². The molecule has 2 saturated carbocycles. The summed E-state index contributed by atoms with van der Waals surface area (Å²) in [4.78, 5) is 13.3. The quantitative estimate of drug-likeness (QED) is 0.267. The van der Waals surface area contributed by atoms with E-state index in [0.717, 1.165) is 18.4 Å². The van der Waals surface area contributed by atoms with E-state index in [1.807, 2.05) is 0 Å². The highest BCUT2D eigenvalue weighted by Crippen LogP contribution is 2.27. The molecule has 0 saturated heterocycles. The second-order valence-corrected chi connectivity index (χ2v) is 9.25. The summed E-state index contributed by atoms with van der Waals surface area (Å²) in [5, 5.41) is 10.3. The third-order valence-electron chi connectivity index (χ3n) is 6.99. The van der Waals surface area contributed by atoms with Gasteiger partial charge < -0.3 is 5.32 Å². The van der Waals surface area contributed by atoms with Gasteiger partial charge in [0, 0.05) is 19.1 Å².